The monoisotopic (exact) mass is 600 g/mol. The summed E-state index contributed by atoms with van der Waals surface area (Å²) >= 11 is 0. The maximum atomic E-state index is 4.92. The number of methoxy groups -OCH3 is 1. The molecule has 0 unspecified atom stereocenters. The van der Waals surface area contributed by atoms with E-state index in [1.807, 2.05) is 84.9 Å². The van der Waals surface area contributed by atoms with Crippen LogP contribution in [0.5, 0.6) is 5.88 Å². The standard InChI is InChI=1S/C14H10N3.C11H9N2O.Pt/c1-2-6-11(7-3-1)13-10-14(17-16-13)12-8-4-5-9-15-12;1-14-11-8-7-10(12-13-11)9-5-3-2-4-6-9;/h1-10H;2-5,7-8H,1H3;/q2*-1;+2. The van der Waals surface area contributed by atoms with Crippen molar-refractivity contribution in [2.24, 2.45) is 0 Å². The van der Waals surface area contributed by atoms with Gasteiger partial charge in [0.25, 0.3) is 0 Å². The van der Waals surface area contributed by atoms with E-state index < -0.39 is 0 Å². The van der Waals surface area contributed by atoms with E-state index in [1.54, 1.807) is 19.4 Å². The fourth-order valence-corrected chi connectivity index (χ4v) is 2.81. The van der Waals surface area contributed by atoms with Gasteiger partial charge in [0, 0.05) is 23.3 Å². The van der Waals surface area contributed by atoms with E-state index >= 15 is 0 Å². The molecule has 0 aliphatic heterocycles. The molecule has 160 valence electrons. The van der Waals surface area contributed by atoms with E-state index in [2.05, 4.69) is 31.4 Å². The molecule has 6 nitrogen and oxygen atoms in total. The maximum Gasteiger partial charge on any atom is 2.00 e. The zero-order valence-electron chi connectivity index (χ0n) is 17.2. The fourth-order valence-electron chi connectivity index (χ4n) is 2.81. The quantitative estimate of drug-likeness (QED) is 0.278. The van der Waals surface area contributed by atoms with Crippen LogP contribution >= 0.6 is 0 Å². The van der Waals surface area contributed by atoms with Gasteiger partial charge in [-0.15, -0.1) is 41.0 Å². The summed E-state index contributed by atoms with van der Waals surface area (Å²) in [6.07, 6.45) is 1.76. The summed E-state index contributed by atoms with van der Waals surface area (Å²) in [5, 5.41) is 16.2. The van der Waals surface area contributed by atoms with Crippen molar-refractivity contribution in [3.8, 4) is 39.8 Å². The number of benzene rings is 2. The van der Waals surface area contributed by atoms with Crippen molar-refractivity contribution < 1.29 is 25.8 Å². The number of hydrogen-bond acceptors (Lipinski definition) is 5. The van der Waals surface area contributed by atoms with E-state index in [4.69, 9.17) is 4.74 Å². The second-order valence-electron chi connectivity index (χ2n) is 6.43. The number of aromatic nitrogens is 5. The van der Waals surface area contributed by atoms with Crippen molar-refractivity contribution in [1.29, 1.82) is 0 Å². The van der Waals surface area contributed by atoms with E-state index in [-0.39, 0.29) is 21.1 Å². The van der Waals surface area contributed by atoms with Gasteiger partial charge in [0.2, 0.25) is 5.88 Å². The van der Waals surface area contributed by atoms with Crippen LogP contribution in [0.2, 0.25) is 0 Å². The molecule has 0 aliphatic carbocycles. The molecule has 3 aromatic heterocycles. The number of hydrogen-bond donors (Lipinski definition) is 0. The van der Waals surface area contributed by atoms with Crippen LogP contribution < -0.4 is 9.84 Å². The van der Waals surface area contributed by atoms with Gasteiger partial charge in [-0.1, -0.05) is 48.2 Å². The third-order valence-electron chi connectivity index (χ3n) is 4.37. The van der Waals surface area contributed by atoms with Crippen molar-refractivity contribution in [2.75, 3.05) is 7.11 Å². The van der Waals surface area contributed by atoms with Crippen LogP contribution in [0.4, 0.5) is 0 Å². The van der Waals surface area contributed by atoms with E-state index in [0.29, 0.717) is 5.88 Å². The Hall–Kier alpha value is -3.63. The first-order valence-electron chi connectivity index (χ1n) is 9.65. The van der Waals surface area contributed by atoms with Gasteiger partial charge in [-0.2, -0.15) is 5.10 Å². The zero-order chi connectivity index (χ0) is 21.3. The average Bonchev–Trinajstić information content (AvgIpc) is 3.37. The zero-order valence-corrected chi connectivity index (χ0v) is 19.5. The Balaban J connectivity index is 0.000000178. The molecule has 0 bridgehead atoms. The van der Waals surface area contributed by atoms with Crippen molar-refractivity contribution in [2.45, 2.75) is 0 Å². The van der Waals surface area contributed by atoms with Gasteiger partial charge in [-0.05, 0) is 29.8 Å². The summed E-state index contributed by atoms with van der Waals surface area (Å²) in [5.41, 5.74) is 5.34. The van der Waals surface area contributed by atoms with Gasteiger partial charge in [0.1, 0.15) is 0 Å². The second kappa shape index (κ2) is 11.7. The Labute approximate surface area is 201 Å². The topological polar surface area (TPSA) is 74.9 Å². The van der Waals surface area contributed by atoms with Crippen LogP contribution in [0.1, 0.15) is 0 Å². The summed E-state index contributed by atoms with van der Waals surface area (Å²) < 4.78 is 4.92. The van der Waals surface area contributed by atoms with Crippen LogP contribution in [0.25, 0.3) is 33.9 Å². The van der Waals surface area contributed by atoms with Crippen molar-refractivity contribution >= 4 is 0 Å². The minimum atomic E-state index is 0. The first kappa shape index (κ1) is 23.0. The van der Waals surface area contributed by atoms with Gasteiger partial charge in [-0.3, -0.25) is 4.98 Å². The average molecular weight is 601 g/mol. The predicted molar refractivity (Wildman–Crippen MR) is 119 cm³/mol. The normalized spacial score (nSPS) is 9.78. The first-order valence-corrected chi connectivity index (χ1v) is 9.65. The van der Waals surface area contributed by atoms with Crippen molar-refractivity contribution in [3.63, 3.8) is 0 Å². The summed E-state index contributed by atoms with van der Waals surface area (Å²) in [7, 11) is 1.57. The largest absolute Gasteiger partial charge is 2.00 e. The van der Waals surface area contributed by atoms with Gasteiger partial charge in [0.15, 0.2) is 0 Å². The van der Waals surface area contributed by atoms with Gasteiger partial charge in [-0.25, -0.2) is 0 Å². The molecule has 0 fully saturated rings. The molecule has 3 heterocycles. The van der Waals surface area contributed by atoms with E-state index in [1.165, 1.54) is 0 Å². The van der Waals surface area contributed by atoms with E-state index in [9.17, 15) is 0 Å². The fraction of sp³-hybridized carbons (Fsp3) is 0.0400. The number of pyridine rings is 1. The SMILES string of the molecule is COc1ccc(-c2[c-]cccc2)nn1.[Pt+2].c1ccc(-c2cc(-c3ccccn3)[n-]n2)cc1. The molecule has 0 amide bonds. The Bertz CT molecular complexity index is 1140. The molecule has 0 saturated heterocycles. The molecule has 0 aliphatic rings. The Morgan fingerprint density at radius 1 is 0.781 bits per heavy atom. The molecule has 32 heavy (non-hydrogen) atoms. The molecule has 2 aromatic carbocycles. The third kappa shape index (κ3) is 5.96. The van der Waals surface area contributed by atoms with Crippen molar-refractivity contribution in [1.82, 2.24) is 25.4 Å². The summed E-state index contributed by atoms with van der Waals surface area (Å²) in [4.78, 5) is 4.25. The molecule has 0 radical (unpaired) electrons. The molecule has 7 heteroatoms. The van der Waals surface area contributed by atoms with Crippen molar-refractivity contribution in [3.05, 3.63) is 103 Å². The van der Waals surface area contributed by atoms with Crippen LogP contribution in [0.15, 0.2) is 97.2 Å². The van der Waals surface area contributed by atoms with Gasteiger partial charge in [0.05, 0.1) is 7.11 Å². The summed E-state index contributed by atoms with van der Waals surface area (Å²) in [5.74, 6) is 0.518. The molecule has 5 aromatic rings. The molecular formula is C25H19N5OPt. The molecule has 0 saturated carbocycles. The van der Waals surface area contributed by atoms with Crippen LogP contribution in [-0.4, -0.2) is 27.4 Å². The number of nitrogens with zero attached hydrogens (tertiary/aromatic N) is 5. The van der Waals surface area contributed by atoms with Gasteiger partial charge >= 0.3 is 21.1 Å². The minimum Gasteiger partial charge on any atom is -0.573 e. The molecule has 0 N–H and O–H groups in total. The molecular weight excluding hydrogens is 581 g/mol. The Kier molecular flexibility index (Phi) is 8.41. The smallest absolute Gasteiger partial charge is 0.573 e. The maximum absolute atomic E-state index is 4.92. The van der Waals surface area contributed by atoms with Crippen LogP contribution in [-0.2, 0) is 21.1 Å². The Morgan fingerprint density at radius 3 is 2.25 bits per heavy atom. The summed E-state index contributed by atoms with van der Waals surface area (Å²) in [6.45, 7) is 0. The molecule has 5 rings (SSSR count). The second-order valence-corrected chi connectivity index (χ2v) is 6.43. The van der Waals surface area contributed by atoms with Crippen LogP contribution in [0.3, 0.4) is 0 Å². The predicted octanol–water partition coefficient (Wildman–Crippen LogP) is 4.72. The van der Waals surface area contributed by atoms with E-state index in [0.717, 1.165) is 33.9 Å². The number of rotatable bonds is 4. The van der Waals surface area contributed by atoms with Gasteiger partial charge < -0.3 is 14.9 Å². The third-order valence-corrected chi connectivity index (χ3v) is 4.37. The Morgan fingerprint density at radius 2 is 1.59 bits per heavy atom. The first-order chi connectivity index (χ1) is 15.3. The van der Waals surface area contributed by atoms with Crippen LogP contribution in [0, 0.1) is 6.07 Å². The molecule has 0 atom stereocenters. The number of ether oxygens (including phenoxy) is 1. The molecule has 0 spiro atoms. The summed E-state index contributed by atoms with van der Waals surface area (Å²) in [6, 6.07) is 32.1. The minimum absolute atomic E-state index is 0.